The zero-order valence-electron chi connectivity index (χ0n) is 11.7. The summed E-state index contributed by atoms with van der Waals surface area (Å²) in [6, 6.07) is 9.06. The minimum Gasteiger partial charge on any atom is -0.299 e. The highest BCUT2D eigenvalue weighted by Crippen LogP contribution is 2.23. The van der Waals surface area contributed by atoms with E-state index >= 15 is 0 Å². The van der Waals surface area contributed by atoms with Gasteiger partial charge in [0.2, 0.25) is 0 Å². The van der Waals surface area contributed by atoms with Crippen LogP contribution in [0.25, 0.3) is 0 Å². The lowest BCUT2D eigenvalue weighted by Gasteiger charge is -2.34. The van der Waals surface area contributed by atoms with Crippen LogP contribution in [0.15, 0.2) is 24.3 Å². The predicted octanol–water partition coefficient (Wildman–Crippen LogP) is 4.26. The summed E-state index contributed by atoms with van der Waals surface area (Å²) in [6.07, 6.45) is 1.12. The molecule has 1 nitrogen and oxygen atoms in total. The normalized spacial score (nSPS) is 25.6. The van der Waals surface area contributed by atoms with Gasteiger partial charge >= 0.3 is 0 Å². The van der Waals surface area contributed by atoms with E-state index in [4.69, 9.17) is 11.6 Å². The monoisotopic (exact) mass is 265 g/mol. The molecule has 100 valence electrons. The van der Waals surface area contributed by atoms with Gasteiger partial charge < -0.3 is 0 Å². The highest BCUT2D eigenvalue weighted by molar-refractivity contribution is 6.20. The van der Waals surface area contributed by atoms with E-state index in [1.54, 1.807) is 0 Å². The maximum atomic E-state index is 6.26. The number of benzene rings is 1. The van der Waals surface area contributed by atoms with Crippen LogP contribution in [0.1, 0.15) is 44.2 Å². The molecule has 1 aromatic carbocycles. The van der Waals surface area contributed by atoms with Crippen LogP contribution >= 0.6 is 11.6 Å². The van der Waals surface area contributed by atoms with Crippen molar-refractivity contribution in [3.63, 3.8) is 0 Å². The molecular formula is C16H24ClN. The Balaban J connectivity index is 1.93. The van der Waals surface area contributed by atoms with Gasteiger partial charge in [-0.15, -0.1) is 11.6 Å². The van der Waals surface area contributed by atoms with Crippen molar-refractivity contribution in [2.45, 2.75) is 45.0 Å². The molecule has 0 bridgehead atoms. The third kappa shape index (κ3) is 3.49. The molecule has 1 aromatic rings. The lowest BCUT2D eigenvalue weighted by molar-refractivity contribution is 0.180. The van der Waals surface area contributed by atoms with Crippen LogP contribution in [-0.4, -0.2) is 23.4 Å². The average Bonchev–Trinajstić information content (AvgIpc) is 2.34. The van der Waals surface area contributed by atoms with E-state index in [0.29, 0.717) is 17.2 Å². The van der Waals surface area contributed by atoms with Crippen molar-refractivity contribution in [1.82, 2.24) is 4.90 Å². The first kappa shape index (κ1) is 13.9. The maximum absolute atomic E-state index is 6.26. The van der Waals surface area contributed by atoms with Gasteiger partial charge in [0, 0.05) is 18.5 Å². The topological polar surface area (TPSA) is 3.24 Å². The van der Waals surface area contributed by atoms with Crippen LogP contribution in [-0.2, 0) is 6.54 Å². The molecule has 0 radical (unpaired) electrons. The number of rotatable bonds is 3. The fraction of sp³-hybridized carbons (Fsp3) is 0.625. The summed E-state index contributed by atoms with van der Waals surface area (Å²) in [5.41, 5.74) is 2.84. The van der Waals surface area contributed by atoms with E-state index in [2.05, 4.69) is 49.9 Å². The summed E-state index contributed by atoms with van der Waals surface area (Å²) in [4.78, 5) is 2.52. The number of likely N-dealkylation sites (tertiary alicyclic amines) is 1. The lowest BCUT2D eigenvalue weighted by atomic mass is 9.98. The van der Waals surface area contributed by atoms with Gasteiger partial charge in [0.25, 0.3) is 0 Å². The van der Waals surface area contributed by atoms with Gasteiger partial charge in [0.1, 0.15) is 0 Å². The number of piperidine rings is 1. The van der Waals surface area contributed by atoms with Crippen LogP contribution in [0.2, 0.25) is 0 Å². The molecule has 0 spiro atoms. The number of nitrogens with zero attached hydrogens (tertiary/aromatic N) is 1. The molecule has 0 saturated carbocycles. The van der Waals surface area contributed by atoms with Gasteiger partial charge in [-0.05, 0) is 35.9 Å². The molecule has 1 heterocycles. The van der Waals surface area contributed by atoms with E-state index in [-0.39, 0.29) is 0 Å². The van der Waals surface area contributed by atoms with E-state index in [1.807, 2.05) is 0 Å². The van der Waals surface area contributed by atoms with Crippen molar-refractivity contribution < 1.29 is 0 Å². The summed E-state index contributed by atoms with van der Waals surface area (Å²) in [6.45, 7) is 10.0. The third-order valence-corrected chi connectivity index (χ3v) is 4.59. The molecular weight excluding hydrogens is 242 g/mol. The van der Waals surface area contributed by atoms with E-state index in [0.717, 1.165) is 26.1 Å². The highest BCUT2D eigenvalue weighted by atomic mass is 35.5. The van der Waals surface area contributed by atoms with Crippen LogP contribution in [0, 0.1) is 5.92 Å². The molecule has 0 amide bonds. The summed E-state index contributed by atoms with van der Waals surface area (Å²) in [5, 5.41) is 0.365. The SMILES string of the molecule is CC(C)c1ccc(CN2CCC(Cl)C(C)C2)cc1. The lowest BCUT2D eigenvalue weighted by Crippen LogP contribution is -2.39. The Morgan fingerprint density at radius 3 is 2.50 bits per heavy atom. The number of alkyl halides is 1. The van der Waals surface area contributed by atoms with Gasteiger partial charge in [-0.1, -0.05) is 45.0 Å². The van der Waals surface area contributed by atoms with Gasteiger partial charge in [-0.3, -0.25) is 4.90 Å². The first-order chi connectivity index (χ1) is 8.56. The van der Waals surface area contributed by atoms with Crippen molar-refractivity contribution in [3.05, 3.63) is 35.4 Å². The zero-order valence-corrected chi connectivity index (χ0v) is 12.5. The van der Waals surface area contributed by atoms with Crippen LogP contribution < -0.4 is 0 Å². The molecule has 2 rings (SSSR count). The van der Waals surface area contributed by atoms with Crippen molar-refractivity contribution >= 4 is 11.6 Å². The summed E-state index contributed by atoms with van der Waals surface area (Å²) >= 11 is 6.26. The molecule has 1 fully saturated rings. The molecule has 18 heavy (non-hydrogen) atoms. The van der Waals surface area contributed by atoms with E-state index < -0.39 is 0 Å². The summed E-state index contributed by atoms with van der Waals surface area (Å²) in [7, 11) is 0. The molecule has 1 saturated heterocycles. The van der Waals surface area contributed by atoms with Gasteiger partial charge in [-0.25, -0.2) is 0 Å². The van der Waals surface area contributed by atoms with Gasteiger partial charge in [-0.2, -0.15) is 0 Å². The molecule has 0 N–H and O–H groups in total. The Bertz CT molecular complexity index is 371. The molecule has 0 aliphatic carbocycles. The quantitative estimate of drug-likeness (QED) is 0.738. The zero-order chi connectivity index (χ0) is 13.1. The second-order valence-corrected chi connectivity index (χ2v) is 6.47. The maximum Gasteiger partial charge on any atom is 0.0386 e. The molecule has 1 aliphatic heterocycles. The van der Waals surface area contributed by atoms with Crippen LogP contribution in [0.4, 0.5) is 0 Å². The Morgan fingerprint density at radius 1 is 1.28 bits per heavy atom. The molecule has 0 aromatic heterocycles. The average molecular weight is 266 g/mol. The Kier molecular flexibility index (Phi) is 4.69. The smallest absolute Gasteiger partial charge is 0.0386 e. The van der Waals surface area contributed by atoms with Crippen LogP contribution in [0.5, 0.6) is 0 Å². The standard InChI is InChI=1S/C16H24ClN/c1-12(2)15-6-4-14(5-7-15)11-18-9-8-16(17)13(3)10-18/h4-7,12-13,16H,8-11H2,1-3H3. The fourth-order valence-corrected chi connectivity index (χ4v) is 2.79. The second-order valence-electron chi connectivity index (χ2n) is 5.91. The summed E-state index contributed by atoms with van der Waals surface area (Å²) < 4.78 is 0. The predicted molar refractivity (Wildman–Crippen MR) is 79.2 cm³/mol. The van der Waals surface area contributed by atoms with Gasteiger partial charge in [0.15, 0.2) is 0 Å². The Morgan fingerprint density at radius 2 is 1.94 bits per heavy atom. The molecule has 2 atom stereocenters. The first-order valence-electron chi connectivity index (χ1n) is 7.01. The van der Waals surface area contributed by atoms with Crippen molar-refractivity contribution in [3.8, 4) is 0 Å². The van der Waals surface area contributed by atoms with Crippen molar-refractivity contribution in [2.75, 3.05) is 13.1 Å². The molecule has 1 aliphatic rings. The largest absolute Gasteiger partial charge is 0.299 e. The number of hydrogen-bond donors (Lipinski definition) is 0. The Labute approximate surface area is 116 Å². The first-order valence-corrected chi connectivity index (χ1v) is 7.45. The number of halogens is 1. The third-order valence-electron chi connectivity index (χ3n) is 3.94. The molecule has 2 unspecified atom stereocenters. The van der Waals surface area contributed by atoms with Crippen LogP contribution in [0.3, 0.4) is 0 Å². The van der Waals surface area contributed by atoms with E-state index in [1.165, 1.54) is 11.1 Å². The fourth-order valence-electron chi connectivity index (χ4n) is 2.61. The minimum atomic E-state index is 0.365. The van der Waals surface area contributed by atoms with E-state index in [9.17, 15) is 0 Å². The van der Waals surface area contributed by atoms with Crippen molar-refractivity contribution in [2.24, 2.45) is 5.92 Å². The second kappa shape index (κ2) is 6.08. The summed E-state index contributed by atoms with van der Waals surface area (Å²) in [5.74, 6) is 1.22. The van der Waals surface area contributed by atoms with Crippen molar-refractivity contribution in [1.29, 1.82) is 0 Å². The number of hydrogen-bond acceptors (Lipinski definition) is 1. The minimum absolute atomic E-state index is 0.365. The molecule has 2 heteroatoms. The highest BCUT2D eigenvalue weighted by Gasteiger charge is 2.23. The Hall–Kier alpha value is -0.530. The van der Waals surface area contributed by atoms with Gasteiger partial charge in [0.05, 0.1) is 0 Å².